The summed E-state index contributed by atoms with van der Waals surface area (Å²) in [6.07, 6.45) is 1.46. The van der Waals surface area contributed by atoms with Crippen LogP contribution in [0.2, 0.25) is 0 Å². The molecule has 0 spiro atoms. The van der Waals surface area contributed by atoms with Gasteiger partial charge in [-0.1, -0.05) is 0 Å². The number of nitrogens with one attached hydrogen (secondary N) is 2. The molecular weight excluding hydrogens is 464 g/mol. The highest BCUT2D eigenvalue weighted by Crippen LogP contribution is 2.24. The Bertz CT molecular complexity index is 1260. The number of nitriles is 1. The molecule has 1 aliphatic heterocycles. The lowest BCUT2D eigenvalue weighted by Gasteiger charge is -2.21. The molecular formula is C26H28N4O6. The number of aromatic nitrogens is 1. The summed E-state index contributed by atoms with van der Waals surface area (Å²) >= 11 is 0. The lowest BCUT2D eigenvalue weighted by Crippen LogP contribution is -2.45. The number of amides is 2. The lowest BCUT2D eigenvalue weighted by atomic mass is 10.1. The fourth-order valence-corrected chi connectivity index (χ4v) is 3.77. The summed E-state index contributed by atoms with van der Waals surface area (Å²) in [5, 5.41) is 14.5. The molecule has 2 heterocycles. The number of esters is 2. The standard InChI is InChI=1S/C26H28N4O6/c1-5-34-21-9-7-20(8-10-21)30-16(3)11-18(17(30)4)12-19(13-27)24(31)36-15-23-22(25(32)35-6-2)14-28-26(33)29-23/h7-12H,5-6,14-15H2,1-4H3,(H2,28,29,33)/b19-12+. The van der Waals surface area contributed by atoms with E-state index in [2.05, 4.69) is 10.6 Å². The van der Waals surface area contributed by atoms with Crippen LogP contribution >= 0.6 is 0 Å². The number of benzene rings is 1. The van der Waals surface area contributed by atoms with Gasteiger partial charge in [0.1, 0.15) is 24.0 Å². The summed E-state index contributed by atoms with van der Waals surface area (Å²) in [6, 6.07) is 10.8. The number of carbonyl (C=O) groups is 3. The number of rotatable bonds is 9. The SMILES string of the molecule is CCOC(=O)C1=C(COC(=O)/C(C#N)=C/c2cc(C)n(-c3ccc(OCC)cc3)c2C)NC(=O)NC1. The van der Waals surface area contributed by atoms with E-state index in [-0.39, 0.29) is 30.0 Å². The molecule has 0 saturated carbocycles. The first-order chi connectivity index (χ1) is 17.3. The van der Waals surface area contributed by atoms with Crippen molar-refractivity contribution in [1.82, 2.24) is 15.2 Å². The topological polar surface area (TPSA) is 132 Å². The van der Waals surface area contributed by atoms with Crippen LogP contribution in [0, 0.1) is 25.2 Å². The second kappa shape index (κ2) is 11.8. The van der Waals surface area contributed by atoms with Crippen LogP contribution in [0.25, 0.3) is 11.8 Å². The Morgan fingerprint density at radius 2 is 1.86 bits per heavy atom. The average Bonchev–Trinajstić information content (AvgIpc) is 3.14. The largest absolute Gasteiger partial charge is 0.494 e. The Hall–Kier alpha value is -4.52. The number of urea groups is 1. The number of hydrogen-bond donors (Lipinski definition) is 2. The van der Waals surface area contributed by atoms with Crippen LogP contribution in [0.15, 0.2) is 47.2 Å². The molecule has 0 atom stereocenters. The fraction of sp³-hybridized carbons (Fsp3) is 0.308. The molecule has 36 heavy (non-hydrogen) atoms. The molecule has 0 radical (unpaired) electrons. The molecule has 10 nitrogen and oxygen atoms in total. The molecule has 10 heteroatoms. The number of aryl methyl sites for hydroxylation is 1. The molecule has 2 aromatic rings. The van der Waals surface area contributed by atoms with E-state index in [0.29, 0.717) is 12.2 Å². The van der Waals surface area contributed by atoms with Crippen molar-refractivity contribution in [3.05, 3.63) is 64.1 Å². The van der Waals surface area contributed by atoms with E-state index in [9.17, 15) is 19.6 Å². The van der Waals surface area contributed by atoms with Gasteiger partial charge in [0, 0.05) is 17.1 Å². The minimum Gasteiger partial charge on any atom is -0.494 e. The molecule has 1 aromatic heterocycles. The zero-order valence-electron chi connectivity index (χ0n) is 20.6. The zero-order valence-corrected chi connectivity index (χ0v) is 20.6. The van der Waals surface area contributed by atoms with Gasteiger partial charge in [0.15, 0.2) is 0 Å². The van der Waals surface area contributed by atoms with E-state index < -0.39 is 24.6 Å². The van der Waals surface area contributed by atoms with Gasteiger partial charge in [0.2, 0.25) is 0 Å². The normalized spacial score (nSPS) is 13.4. The second-order valence-corrected chi connectivity index (χ2v) is 7.82. The van der Waals surface area contributed by atoms with Crippen molar-refractivity contribution in [2.75, 3.05) is 26.4 Å². The van der Waals surface area contributed by atoms with Crippen LogP contribution < -0.4 is 15.4 Å². The Labute approximate surface area is 209 Å². The maximum absolute atomic E-state index is 12.7. The van der Waals surface area contributed by atoms with Crippen LogP contribution in [0.3, 0.4) is 0 Å². The van der Waals surface area contributed by atoms with Crippen molar-refractivity contribution in [1.29, 1.82) is 5.26 Å². The molecule has 0 saturated heterocycles. The summed E-state index contributed by atoms with van der Waals surface area (Å²) in [5.41, 5.74) is 3.36. The smallest absolute Gasteiger partial charge is 0.349 e. The number of carbonyl (C=O) groups excluding carboxylic acids is 3. The van der Waals surface area contributed by atoms with Crippen LogP contribution in [-0.2, 0) is 19.1 Å². The van der Waals surface area contributed by atoms with Crippen LogP contribution in [0.5, 0.6) is 5.75 Å². The fourth-order valence-electron chi connectivity index (χ4n) is 3.77. The lowest BCUT2D eigenvalue weighted by molar-refractivity contribution is -0.140. The predicted molar refractivity (Wildman–Crippen MR) is 131 cm³/mol. The van der Waals surface area contributed by atoms with Gasteiger partial charge >= 0.3 is 18.0 Å². The Morgan fingerprint density at radius 1 is 1.14 bits per heavy atom. The Morgan fingerprint density at radius 3 is 2.50 bits per heavy atom. The van der Waals surface area contributed by atoms with Gasteiger partial charge in [-0.05, 0) is 69.7 Å². The maximum Gasteiger partial charge on any atom is 0.349 e. The van der Waals surface area contributed by atoms with Crippen LogP contribution in [0.1, 0.15) is 30.8 Å². The van der Waals surface area contributed by atoms with Gasteiger partial charge in [0.05, 0.1) is 31.0 Å². The van der Waals surface area contributed by atoms with Gasteiger partial charge in [-0.2, -0.15) is 5.26 Å². The van der Waals surface area contributed by atoms with E-state index in [4.69, 9.17) is 14.2 Å². The quantitative estimate of drug-likeness (QED) is 0.312. The second-order valence-electron chi connectivity index (χ2n) is 7.82. The molecule has 0 fully saturated rings. The Balaban J connectivity index is 1.81. The first-order valence-corrected chi connectivity index (χ1v) is 11.4. The van der Waals surface area contributed by atoms with E-state index in [1.165, 1.54) is 6.08 Å². The molecule has 0 bridgehead atoms. The van der Waals surface area contributed by atoms with E-state index in [1.54, 1.807) is 6.92 Å². The molecule has 188 valence electrons. The van der Waals surface area contributed by atoms with E-state index in [1.807, 2.05) is 61.7 Å². The van der Waals surface area contributed by atoms with Crippen LogP contribution in [-0.4, -0.2) is 48.9 Å². The number of nitrogens with zero attached hydrogens (tertiary/aromatic N) is 2. The van der Waals surface area contributed by atoms with Gasteiger partial charge in [-0.3, -0.25) is 0 Å². The summed E-state index contributed by atoms with van der Waals surface area (Å²) in [5.74, 6) is -0.745. The van der Waals surface area contributed by atoms with E-state index in [0.717, 1.165) is 22.8 Å². The molecule has 3 rings (SSSR count). The van der Waals surface area contributed by atoms with Gasteiger partial charge < -0.3 is 29.4 Å². The van der Waals surface area contributed by atoms with Crippen molar-refractivity contribution < 1.29 is 28.6 Å². The maximum atomic E-state index is 12.7. The average molecular weight is 493 g/mol. The van der Waals surface area contributed by atoms with Crippen molar-refractivity contribution in [2.24, 2.45) is 0 Å². The summed E-state index contributed by atoms with van der Waals surface area (Å²) in [7, 11) is 0. The number of ether oxygens (including phenoxy) is 3. The minimum absolute atomic E-state index is 0.0595. The minimum atomic E-state index is -0.883. The monoisotopic (exact) mass is 492 g/mol. The Kier molecular flexibility index (Phi) is 8.52. The summed E-state index contributed by atoms with van der Waals surface area (Å²) in [6.45, 7) is 7.66. The number of hydrogen-bond acceptors (Lipinski definition) is 7. The highest BCUT2D eigenvalue weighted by Gasteiger charge is 2.25. The molecule has 1 aromatic carbocycles. The van der Waals surface area contributed by atoms with E-state index >= 15 is 0 Å². The molecule has 0 unspecified atom stereocenters. The molecule has 2 amide bonds. The third-order valence-electron chi connectivity index (χ3n) is 5.44. The molecule has 1 aliphatic rings. The summed E-state index contributed by atoms with van der Waals surface area (Å²) < 4.78 is 17.7. The zero-order chi connectivity index (χ0) is 26.2. The van der Waals surface area contributed by atoms with Crippen molar-refractivity contribution in [3.63, 3.8) is 0 Å². The third-order valence-corrected chi connectivity index (χ3v) is 5.44. The van der Waals surface area contributed by atoms with Crippen molar-refractivity contribution in [2.45, 2.75) is 27.7 Å². The van der Waals surface area contributed by atoms with Gasteiger partial charge in [-0.15, -0.1) is 0 Å². The predicted octanol–water partition coefficient (Wildman–Crippen LogP) is 3.07. The van der Waals surface area contributed by atoms with Gasteiger partial charge in [0.25, 0.3) is 0 Å². The van der Waals surface area contributed by atoms with Gasteiger partial charge in [-0.25, -0.2) is 14.4 Å². The van der Waals surface area contributed by atoms with Crippen LogP contribution in [0.4, 0.5) is 4.79 Å². The molecule has 2 N–H and O–H groups in total. The highest BCUT2D eigenvalue weighted by molar-refractivity contribution is 5.98. The van der Waals surface area contributed by atoms with Crippen molar-refractivity contribution >= 4 is 24.0 Å². The highest BCUT2D eigenvalue weighted by atomic mass is 16.5. The third kappa shape index (κ3) is 5.93. The first-order valence-electron chi connectivity index (χ1n) is 11.4. The summed E-state index contributed by atoms with van der Waals surface area (Å²) in [4.78, 5) is 36.5. The van der Waals surface area contributed by atoms with Crippen molar-refractivity contribution in [3.8, 4) is 17.5 Å². The molecule has 0 aliphatic carbocycles. The first kappa shape index (κ1) is 26.1.